The average molecular weight is 375 g/mol. The van der Waals surface area contributed by atoms with E-state index in [2.05, 4.69) is 4.72 Å². The van der Waals surface area contributed by atoms with Crippen LogP contribution in [0.5, 0.6) is 5.75 Å². The molecule has 3 aromatic carbocycles. The Balaban J connectivity index is 2.12. The van der Waals surface area contributed by atoms with Gasteiger partial charge in [-0.05, 0) is 24.3 Å². The Morgan fingerprint density at radius 1 is 1.04 bits per heavy atom. The summed E-state index contributed by atoms with van der Waals surface area (Å²) in [6.45, 7) is 0. The maximum Gasteiger partial charge on any atom is 0.338 e. The lowest BCUT2D eigenvalue weighted by atomic mass is 10.1. The molecule has 0 aromatic heterocycles. The van der Waals surface area contributed by atoms with Crippen molar-refractivity contribution in [2.75, 3.05) is 11.8 Å². The number of anilines is 1. The number of methoxy groups -OCH3 is 1. The second-order valence-corrected chi connectivity index (χ2v) is 7.04. The molecule has 0 aliphatic rings. The number of carbonyl (C=O) groups is 1. The number of halogens is 1. The summed E-state index contributed by atoms with van der Waals surface area (Å²) >= 11 is 0. The number of hydrogen-bond donors (Lipinski definition) is 2. The molecule has 0 spiro atoms. The highest BCUT2D eigenvalue weighted by Gasteiger charge is 2.22. The third kappa shape index (κ3) is 3.06. The Labute approximate surface area is 148 Å². The van der Waals surface area contributed by atoms with Crippen LogP contribution in [0.25, 0.3) is 10.8 Å². The summed E-state index contributed by atoms with van der Waals surface area (Å²) in [7, 11) is -2.70. The van der Waals surface area contributed by atoms with Crippen molar-refractivity contribution in [2.45, 2.75) is 4.90 Å². The van der Waals surface area contributed by atoms with E-state index >= 15 is 0 Å². The highest BCUT2D eigenvalue weighted by atomic mass is 32.2. The van der Waals surface area contributed by atoms with Gasteiger partial charge in [-0.15, -0.1) is 0 Å². The van der Waals surface area contributed by atoms with Crippen molar-refractivity contribution in [3.05, 3.63) is 66.0 Å². The van der Waals surface area contributed by atoms with Crippen molar-refractivity contribution in [3.8, 4) is 5.75 Å². The van der Waals surface area contributed by atoms with Crippen LogP contribution < -0.4 is 9.46 Å². The van der Waals surface area contributed by atoms with Gasteiger partial charge >= 0.3 is 5.97 Å². The van der Waals surface area contributed by atoms with E-state index in [4.69, 9.17) is 9.84 Å². The quantitative estimate of drug-likeness (QED) is 0.712. The number of sulfonamides is 1. The maximum atomic E-state index is 14.3. The van der Waals surface area contributed by atoms with Crippen LogP contribution in [0, 0.1) is 5.82 Å². The van der Waals surface area contributed by atoms with E-state index in [1.807, 2.05) is 0 Å². The zero-order valence-corrected chi connectivity index (χ0v) is 14.4. The number of ether oxygens (including phenoxy) is 1. The SMILES string of the molecule is COc1ccc(S(=O)(=O)Nc2cccc(C(=O)O)c2F)c2ccccc12. The molecule has 6 nitrogen and oxygen atoms in total. The molecule has 0 atom stereocenters. The first-order valence-corrected chi connectivity index (χ1v) is 8.94. The predicted molar refractivity (Wildman–Crippen MR) is 94.7 cm³/mol. The molecule has 0 radical (unpaired) electrons. The lowest BCUT2D eigenvalue weighted by Gasteiger charge is -2.13. The summed E-state index contributed by atoms with van der Waals surface area (Å²) in [6, 6.07) is 13.1. The molecule has 0 aliphatic carbocycles. The van der Waals surface area contributed by atoms with Crippen molar-refractivity contribution in [3.63, 3.8) is 0 Å². The number of hydrogen-bond acceptors (Lipinski definition) is 4. The molecule has 3 aromatic rings. The first-order chi connectivity index (χ1) is 12.3. The molecule has 26 heavy (non-hydrogen) atoms. The van der Waals surface area contributed by atoms with Gasteiger partial charge in [0.25, 0.3) is 10.0 Å². The number of rotatable bonds is 5. The highest BCUT2D eigenvalue weighted by Crippen LogP contribution is 2.32. The third-order valence-corrected chi connectivity index (χ3v) is 5.25. The topological polar surface area (TPSA) is 92.7 Å². The van der Waals surface area contributed by atoms with Gasteiger partial charge in [0.05, 0.1) is 23.3 Å². The Morgan fingerprint density at radius 2 is 1.73 bits per heavy atom. The van der Waals surface area contributed by atoms with Gasteiger partial charge in [0, 0.05) is 10.8 Å². The van der Waals surface area contributed by atoms with Gasteiger partial charge in [-0.3, -0.25) is 4.72 Å². The van der Waals surface area contributed by atoms with Gasteiger partial charge in [-0.1, -0.05) is 30.3 Å². The Bertz CT molecular complexity index is 1110. The van der Waals surface area contributed by atoms with Crippen LogP contribution in [0.15, 0.2) is 59.5 Å². The molecule has 134 valence electrons. The van der Waals surface area contributed by atoms with E-state index < -0.39 is 33.1 Å². The van der Waals surface area contributed by atoms with E-state index in [-0.39, 0.29) is 4.90 Å². The zero-order valence-electron chi connectivity index (χ0n) is 13.6. The number of carboxylic acids is 1. The lowest BCUT2D eigenvalue weighted by molar-refractivity contribution is 0.0692. The minimum atomic E-state index is -4.17. The summed E-state index contributed by atoms with van der Waals surface area (Å²) in [6.07, 6.45) is 0. The molecule has 0 aliphatic heterocycles. The second-order valence-electron chi connectivity index (χ2n) is 5.39. The van der Waals surface area contributed by atoms with Gasteiger partial charge in [0.2, 0.25) is 0 Å². The molecule has 2 N–H and O–H groups in total. The maximum absolute atomic E-state index is 14.3. The van der Waals surface area contributed by atoms with Crippen LogP contribution in [0.3, 0.4) is 0 Å². The number of benzene rings is 3. The van der Waals surface area contributed by atoms with Crippen LogP contribution in [-0.4, -0.2) is 26.6 Å². The summed E-state index contributed by atoms with van der Waals surface area (Å²) < 4.78 is 47.2. The zero-order chi connectivity index (χ0) is 18.9. The lowest BCUT2D eigenvalue weighted by Crippen LogP contribution is -2.15. The standard InChI is InChI=1S/C18H14FNO5S/c1-25-15-9-10-16(12-6-3-2-5-11(12)15)26(23,24)20-14-8-4-7-13(17(14)19)18(21)22/h2-10,20H,1H3,(H,21,22). The first-order valence-electron chi connectivity index (χ1n) is 7.45. The smallest absolute Gasteiger partial charge is 0.338 e. The van der Waals surface area contributed by atoms with Crippen LogP contribution >= 0.6 is 0 Å². The number of fused-ring (bicyclic) bond motifs is 1. The molecule has 0 heterocycles. The molecule has 0 saturated heterocycles. The van der Waals surface area contributed by atoms with E-state index in [0.29, 0.717) is 16.5 Å². The summed E-state index contributed by atoms with van der Waals surface area (Å²) in [4.78, 5) is 10.9. The van der Waals surface area contributed by atoms with E-state index in [9.17, 15) is 17.6 Å². The molecular formula is C18H14FNO5S. The fourth-order valence-corrected chi connectivity index (χ4v) is 3.90. The van der Waals surface area contributed by atoms with Crippen LogP contribution in [-0.2, 0) is 10.0 Å². The average Bonchev–Trinajstić information content (AvgIpc) is 2.62. The molecule has 3 rings (SSSR count). The minimum absolute atomic E-state index is 0.0750. The van der Waals surface area contributed by atoms with Crippen LogP contribution in [0.2, 0.25) is 0 Å². The third-order valence-electron chi connectivity index (χ3n) is 3.83. The van der Waals surface area contributed by atoms with Crippen molar-refractivity contribution >= 4 is 32.5 Å². The first kappa shape index (κ1) is 17.7. The van der Waals surface area contributed by atoms with Gasteiger partial charge in [0.15, 0.2) is 5.82 Å². The predicted octanol–water partition coefficient (Wildman–Crippen LogP) is 3.49. The summed E-state index contributed by atoms with van der Waals surface area (Å²) in [5.74, 6) is -2.14. The molecule has 8 heteroatoms. The fourth-order valence-electron chi connectivity index (χ4n) is 2.63. The highest BCUT2D eigenvalue weighted by molar-refractivity contribution is 7.93. The van der Waals surface area contributed by atoms with Crippen molar-refractivity contribution in [2.24, 2.45) is 0 Å². The van der Waals surface area contributed by atoms with Gasteiger partial charge in [-0.2, -0.15) is 0 Å². The molecule has 0 bridgehead atoms. The second kappa shape index (κ2) is 6.64. The van der Waals surface area contributed by atoms with Gasteiger partial charge < -0.3 is 9.84 Å². The summed E-state index contributed by atoms with van der Waals surface area (Å²) in [5, 5.41) is 9.95. The normalized spacial score (nSPS) is 11.3. The molecule has 0 unspecified atom stereocenters. The van der Waals surface area contributed by atoms with E-state index in [1.54, 1.807) is 24.3 Å². The molecule has 0 saturated carbocycles. The molecular weight excluding hydrogens is 361 g/mol. The van der Waals surface area contributed by atoms with Crippen LogP contribution in [0.4, 0.5) is 10.1 Å². The molecule has 0 fully saturated rings. The van der Waals surface area contributed by atoms with Gasteiger partial charge in [-0.25, -0.2) is 17.6 Å². The number of nitrogens with one attached hydrogen (secondary N) is 1. The number of aromatic carboxylic acids is 1. The monoisotopic (exact) mass is 375 g/mol. The van der Waals surface area contributed by atoms with Crippen molar-refractivity contribution in [1.82, 2.24) is 0 Å². The largest absolute Gasteiger partial charge is 0.496 e. The Morgan fingerprint density at radius 3 is 2.38 bits per heavy atom. The van der Waals surface area contributed by atoms with E-state index in [1.165, 1.54) is 25.3 Å². The Hall–Kier alpha value is -3.13. The number of carboxylic acid groups (broad SMARTS) is 1. The Kier molecular flexibility index (Phi) is 4.52. The minimum Gasteiger partial charge on any atom is -0.496 e. The summed E-state index contributed by atoms with van der Waals surface area (Å²) in [5.41, 5.74) is -1.06. The van der Waals surface area contributed by atoms with Crippen molar-refractivity contribution in [1.29, 1.82) is 0 Å². The van der Waals surface area contributed by atoms with Crippen LogP contribution in [0.1, 0.15) is 10.4 Å². The van der Waals surface area contributed by atoms with Gasteiger partial charge in [0.1, 0.15) is 5.75 Å². The fraction of sp³-hybridized carbons (Fsp3) is 0.0556. The molecule has 0 amide bonds. The van der Waals surface area contributed by atoms with E-state index in [0.717, 1.165) is 12.1 Å². The van der Waals surface area contributed by atoms with Crippen molar-refractivity contribution < 1.29 is 27.4 Å².